The van der Waals surface area contributed by atoms with Crippen molar-refractivity contribution in [1.82, 2.24) is 4.90 Å². The second kappa shape index (κ2) is 5.31. The Morgan fingerprint density at radius 1 is 1.36 bits per heavy atom. The summed E-state index contributed by atoms with van der Waals surface area (Å²) in [5.41, 5.74) is 2.76. The van der Waals surface area contributed by atoms with E-state index in [0.29, 0.717) is 12.8 Å². The molecule has 1 aliphatic heterocycles. The fraction of sp³-hybridized carbons (Fsp3) is 0.667. The Morgan fingerprint density at radius 3 is 2.88 bits per heavy atom. The number of nitrogens with zero attached hydrogens (tertiary/aromatic N) is 1. The summed E-state index contributed by atoms with van der Waals surface area (Å²) in [7, 11) is 0. The van der Waals surface area contributed by atoms with Gasteiger partial charge in [-0.1, -0.05) is 23.8 Å². The van der Waals surface area contributed by atoms with Crippen LogP contribution in [-0.4, -0.2) is 40.0 Å². The minimum Gasteiger partial charge on any atom is -0.387 e. The third-order valence-corrected chi connectivity index (χ3v) is 7.81. The summed E-state index contributed by atoms with van der Waals surface area (Å²) < 4.78 is 0. The summed E-state index contributed by atoms with van der Waals surface area (Å²) >= 11 is 5.92. The molecule has 3 aliphatic carbocycles. The molecular formula is C21H26ClNO2. The van der Waals surface area contributed by atoms with Crippen LogP contribution >= 0.6 is 11.6 Å². The maximum atomic E-state index is 12.0. The minimum absolute atomic E-state index is 0.123. The van der Waals surface area contributed by atoms with Crippen LogP contribution in [0.1, 0.15) is 48.8 Å². The molecule has 0 unspecified atom stereocenters. The number of hydrogen-bond acceptors (Lipinski definition) is 3. The molecule has 1 aromatic carbocycles. The molecule has 25 heavy (non-hydrogen) atoms. The second-order valence-corrected chi connectivity index (χ2v) is 9.36. The second-order valence-electron chi connectivity index (χ2n) is 8.98. The molecule has 0 spiro atoms. The van der Waals surface area contributed by atoms with E-state index in [1.165, 1.54) is 29.5 Å². The topological polar surface area (TPSA) is 40.5 Å². The summed E-state index contributed by atoms with van der Waals surface area (Å²) in [6, 6.07) is 6.81. The Hall–Kier alpha value is -0.900. The first-order valence-electron chi connectivity index (χ1n) is 9.69. The fourth-order valence-corrected chi connectivity index (χ4v) is 6.27. The van der Waals surface area contributed by atoms with Crippen molar-refractivity contribution in [3.8, 4) is 0 Å². The van der Waals surface area contributed by atoms with Gasteiger partial charge >= 0.3 is 0 Å². The van der Waals surface area contributed by atoms with Crippen LogP contribution in [0.3, 0.4) is 0 Å². The molecule has 1 heterocycles. The fourth-order valence-electron chi connectivity index (χ4n) is 6.12. The molecule has 0 amide bonds. The van der Waals surface area contributed by atoms with Crippen LogP contribution in [0.4, 0.5) is 0 Å². The molecule has 4 aliphatic rings. The van der Waals surface area contributed by atoms with E-state index in [2.05, 4.69) is 30.0 Å². The van der Waals surface area contributed by atoms with Crippen LogP contribution in [0.2, 0.25) is 0 Å². The molecule has 5 rings (SSSR count). The largest absolute Gasteiger partial charge is 0.387 e. The molecule has 134 valence electrons. The number of benzene rings is 1. The van der Waals surface area contributed by atoms with E-state index in [4.69, 9.17) is 11.6 Å². The Bertz CT molecular complexity index is 745. The van der Waals surface area contributed by atoms with E-state index in [-0.39, 0.29) is 22.6 Å². The monoisotopic (exact) mass is 359 g/mol. The number of fused-ring (bicyclic) bond motifs is 1. The molecule has 1 N–H and O–H groups in total. The van der Waals surface area contributed by atoms with Crippen molar-refractivity contribution in [2.75, 3.05) is 13.1 Å². The number of rotatable bonds is 3. The maximum Gasteiger partial charge on any atom is 0.224 e. The van der Waals surface area contributed by atoms with Crippen LogP contribution < -0.4 is 0 Å². The number of halogens is 1. The van der Waals surface area contributed by atoms with Gasteiger partial charge in [0.1, 0.15) is 0 Å². The molecule has 3 nitrogen and oxygen atoms in total. The van der Waals surface area contributed by atoms with Crippen LogP contribution in [0.5, 0.6) is 0 Å². The predicted molar refractivity (Wildman–Crippen MR) is 97.8 cm³/mol. The molecule has 1 aromatic rings. The molecule has 4 atom stereocenters. The highest BCUT2D eigenvalue weighted by atomic mass is 35.5. The van der Waals surface area contributed by atoms with Crippen molar-refractivity contribution < 1.29 is 9.90 Å². The van der Waals surface area contributed by atoms with Crippen molar-refractivity contribution in [1.29, 1.82) is 0 Å². The third kappa shape index (κ3) is 2.22. The highest BCUT2D eigenvalue weighted by Gasteiger charge is 2.67. The quantitative estimate of drug-likeness (QED) is 0.843. The molecule has 2 saturated carbocycles. The highest BCUT2D eigenvalue weighted by Crippen LogP contribution is 2.62. The summed E-state index contributed by atoms with van der Waals surface area (Å²) in [5.74, 6) is 0.587. The van der Waals surface area contributed by atoms with Gasteiger partial charge in [0.15, 0.2) is 0 Å². The summed E-state index contributed by atoms with van der Waals surface area (Å²) in [6.45, 7) is 4.24. The molecule has 0 aromatic heterocycles. The smallest absolute Gasteiger partial charge is 0.224 e. The number of hydrogen-bond donors (Lipinski definition) is 1. The lowest BCUT2D eigenvalue weighted by atomic mass is 9.56. The van der Waals surface area contributed by atoms with Gasteiger partial charge in [-0.25, -0.2) is 0 Å². The standard InChI is InChI=1S/C21H26ClNO2/c1-13-2-5-15-9-18-21(25)11-16(19(22)24)10-20(21,17(15)8-13)6-7-23(18)12-14-3-4-14/h2,5,8,14,16,18,25H,3-4,6-7,9-12H2,1H3/t16-,18-,20-,21-/m1/s1. The van der Waals surface area contributed by atoms with Crippen molar-refractivity contribution in [2.24, 2.45) is 11.8 Å². The zero-order valence-corrected chi connectivity index (χ0v) is 15.6. The lowest BCUT2D eigenvalue weighted by Gasteiger charge is -2.59. The van der Waals surface area contributed by atoms with Gasteiger partial charge in [-0.15, -0.1) is 0 Å². The number of aryl methyl sites for hydroxylation is 1. The van der Waals surface area contributed by atoms with Gasteiger partial charge in [0.25, 0.3) is 0 Å². The van der Waals surface area contributed by atoms with Crippen LogP contribution in [-0.2, 0) is 16.6 Å². The maximum absolute atomic E-state index is 12.0. The van der Waals surface area contributed by atoms with Crippen molar-refractivity contribution in [3.63, 3.8) is 0 Å². The van der Waals surface area contributed by atoms with Gasteiger partial charge in [0.2, 0.25) is 5.24 Å². The molecule has 0 radical (unpaired) electrons. The summed E-state index contributed by atoms with van der Waals surface area (Å²) in [4.78, 5) is 14.5. The lowest BCUT2D eigenvalue weighted by Crippen LogP contribution is -2.69. The van der Waals surface area contributed by atoms with E-state index >= 15 is 0 Å². The van der Waals surface area contributed by atoms with Gasteiger partial charge in [-0.05, 0) is 80.6 Å². The van der Waals surface area contributed by atoms with Gasteiger partial charge in [-0.3, -0.25) is 9.69 Å². The van der Waals surface area contributed by atoms with Gasteiger partial charge < -0.3 is 5.11 Å². The molecule has 4 heteroatoms. The predicted octanol–water partition coefficient (Wildman–Crippen LogP) is 3.18. The molecule has 2 bridgehead atoms. The number of likely N-dealkylation sites (tertiary alicyclic amines) is 1. The highest BCUT2D eigenvalue weighted by molar-refractivity contribution is 6.64. The Morgan fingerprint density at radius 2 is 2.16 bits per heavy atom. The van der Waals surface area contributed by atoms with E-state index in [1.807, 2.05) is 0 Å². The van der Waals surface area contributed by atoms with Gasteiger partial charge in [0.05, 0.1) is 5.60 Å². The Labute approximate surface area is 154 Å². The average molecular weight is 360 g/mol. The summed E-state index contributed by atoms with van der Waals surface area (Å²) in [5, 5.41) is 11.7. The number of carbonyl (C=O) groups is 1. The van der Waals surface area contributed by atoms with Crippen molar-refractivity contribution in [3.05, 3.63) is 34.9 Å². The third-order valence-electron chi connectivity index (χ3n) is 7.50. The van der Waals surface area contributed by atoms with Crippen LogP contribution in [0, 0.1) is 18.8 Å². The van der Waals surface area contributed by atoms with Gasteiger partial charge in [-0.2, -0.15) is 0 Å². The number of aliphatic hydroxyl groups is 1. The van der Waals surface area contributed by atoms with E-state index in [0.717, 1.165) is 31.8 Å². The van der Waals surface area contributed by atoms with Crippen molar-refractivity contribution >= 4 is 16.8 Å². The average Bonchev–Trinajstić information content (AvgIpc) is 3.30. The van der Waals surface area contributed by atoms with Crippen LogP contribution in [0.15, 0.2) is 18.2 Å². The first kappa shape index (κ1) is 16.3. The normalized spacial score (nSPS) is 39.8. The summed E-state index contributed by atoms with van der Waals surface area (Å²) in [6.07, 6.45) is 5.70. The van der Waals surface area contributed by atoms with Gasteiger partial charge in [0, 0.05) is 23.9 Å². The minimum atomic E-state index is -0.823. The van der Waals surface area contributed by atoms with E-state index in [1.54, 1.807) is 0 Å². The van der Waals surface area contributed by atoms with Crippen molar-refractivity contribution in [2.45, 2.75) is 62.5 Å². The molecule has 3 fully saturated rings. The lowest BCUT2D eigenvalue weighted by molar-refractivity contribution is -0.132. The zero-order chi connectivity index (χ0) is 17.4. The first-order valence-corrected chi connectivity index (χ1v) is 10.1. The van der Waals surface area contributed by atoms with Crippen LogP contribution in [0.25, 0.3) is 0 Å². The number of piperidine rings is 1. The zero-order valence-electron chi connectivity index (χ0n) is 14.8. The Kier molecular flexibility index (Phi) is 3.46. The van der Waals surface area contributed by atoms with E-state index < -0.39 is 5.60 Å². The number of carbonyl (C=O) groups excluding carboxylic acids is 1. The molecule has 1 saturated heterocycles. The first-order chi connectivity index (χ1) is 11.9. The Balaban J connectivity index is 1.64. The SMILES string of the molecule is Cc1ccc2c(c1)[C@]13CCN(CC4CC4)[C@H](C2)[C@]1(O)C[C@H](C(=O)Cl)C3. The molecular weight excluding hydrogens is 334 g/mol. The van der Waals surface area contributed by atoms with E-state index in [9.17, 15) is 9.90 Å².